The predicted molar refractivity (Wildman–Crippen MR) is 152 cm³/mol. The second-order valence-electron chi connectivity index (χ2n) is 10.1. The number of carboxylic acid groups (broad SMARTS) is 1. The Balaban J connectivity index is 1.77. The number of rotatable bonds is 12. The van der Waals surface area contributed by atoms with Crippen molar-refractivity contribution in [2.45, 2.75) is 46.1 Å². The normalized spacial score (nSPS) is 11.4. The van der Waals surface area contributed by atoms with E-state index >= 15 is 0 Å². The van der Waals surface area contributed by atoms with Crippen LogP contribution in [-0.4, -0.2) is 34.4 Å². The van der Waals surface area contributed by atoms with Crippen LogP contribution in [0.25, 0.3) is 11.1 Å². The molecule has 0 radical (unpaired) electrons. The lowest BCUT2D eigenvalue weighted by Gasteiger charge is -2.19. The van der Waals surface area contributed by atoms with E-state index in [4.69, 9.17) is 9.47 Å². The third-order valence-electron chi connectivity index (χ3n) is 6.93. The fraction of sp³-hybridized carbons (Fsp3) is 0.312. The van der Waals surface area contributed by atoms with E-state index in [-0.39, 0.29) is 11.3 Å². The van der Waals surface area contributed by atoms with Crippen molar-refractivity contribution in [3.8, 4) is 11.1 Å². The minimum absolute atomic E-state index is 0.119. The summed E-state index contributed by atoms with van der Waals surface area (Å²) in [6, 6.07) is 24.6. The van der Waals surface area contributed by atoms with E-state index < -0.39 is 12.3 Å². The molecule has 1 N–H and O–H groups in total. The zero-order chi connectivity index (χ0) is 27.9. The number of ether oxygens (including phenoxy) is 2. The Morgan fingerprint density at radius 3 is 2.03 bits per heavy atom. The zero-order valence-corrected chi connectivity index (χ0v) is 23.0. The Labute approximate surface area is 229 Å². The van der Waals surface area contributed by atoms with E-state index in [0.29, 0.717) is 31.0 Å². The number of methoxy groups -OCH3 is 2. The molecule has 0 aliphatic rings. The quantitative estimate of drug-likeness (QED) is 0.228. The second-order valence-corrected chi connectivity index (χ2v) is 10.1. The number of nitrogens with zero attached hydrogens (tertiary/aromatic N) is 2. The van der Waals surface area contributed by atoms with Gasteiger partial charge >= 0.3 is 11.7 Å². The Hall–Kier alpha value is -3.94. The van der Waals surface area contributed by atoms with E-state index in [1.807, 2.05) is 65.2 Å². The van der Waals surface area contributed by atoms with Gasteiger partial charge in [-0.3, -0.25) is 9.13 Å². The minimum atomic E-state index is -0.964. The minimum Gasteiger partial charge on any atom is -0.478 e. The van der Waals surface area contributed by atoms with Gasteiger partial charge in [0.25, 0.3) is 0 Å². The molecule has 204 valence electrons. The van der Waals surface area contributed by atoms with Crippen LogP contribution in [0, 0.1) is 5.92 Å². The molecule has 0 fully saturated rings. The van der Waals surface area contributed by atoms with Crippen LogP contribution in [0.3, 0.4) is 0 Å². The van der Waals surface area contributed by atoms with Crippen LogP contribution < -0.4 is 5.69 Å². The topological polar surface area (TPSA) is 82.7 Å². The molecular formula is C32H36N2O5. The lowest BCUT2D eigenvalue weighted by Crippen LogP contribution is -2.27. The summed E-state index contributed by atoms with van der Waals surface area (Å²) >= 11 is 0. The van der Waals surface area contributed by atoms with Crippen molar-refractivity contribution in [3.63, 3.8) is 0 Å². The van der Waals surface area contributed by atoms with Crippen LogP contribution in [0.5, 0.6) is 0 Å². The highest BCUT2D eigenvalue weighted by atomic mass is 16.7. The maximum Gasteiger partial charge on any atom is 0.336 e. The smallest absolute Gasteiger partial charge is 0.336 e. The van der Waals surface area contributed by atoms with Gasteiger partial charge in [0.05, 0.1) is 24.3 Å². The summed E-state index contributed by atoms with van der Waals surface area (Å²) in [7, 11) is 3.17. The molecule has 7 heteroatoms. The number of hydrogen-bond acceptors (Lipinski definition) is 4. The Bertz CT molecular complexity index is 1450. The molecule has 4 aromatic rings. The van der Waals surface area contributed by atoms with Gasteiger partial charge in [-0.25, -0.2) is 9.59 Å². The van der Waals surface area contributed by atoms with Crippen molar-refractivity contribution < 1.29 is 19.4 Å². The van der Waals surface area contributed by atoms with Gasteiger partial charge in [-0.2, -0.15) is 0 Å². The molecule has 0 atom stereocenters. The number of aromatic nitrogens is 2. The lowest BCUT2D eigenvalue weighted by atomic mass is 9.98. The van der Waals surface area contributed by atoms with Gasteiger partial charge in [0.1, 0.15) is 0 Å². The molecule has 0 aliphatic heterocycles. The SMILES string of the molecule is COC(OC)c1c(CCC(C)C)n(Cc2ccc(-c3ccccc3C(=O)O)cc2)c(=O)n1Cc1ccccc1. The summed E-state index contributed by atoms with van der Waals surface area (Å²) in [4.78, 5) is 25.7. The molecule has 1 heterocycles. The van der Waals surface area contributed by atoms with Crippen LogP contribution >= 0.6 is 0 Å². The number of carboxylic acids is 1. The fourth-order valence-corrected chi connectivity index (χ4v) is 4.90. The Kier molecular flexibility index (Phi) is 9.17. The lowest BCUT2D eigenvalue weighted by molar-refractivity contribution is -0.111. The molecular weight excluding hydrogens is 492 g/mol. The third kappa shape index (κ3) is 6.38. The van der Waals surface area contributed by atoms with E-state index in [1.165, 1.54) is 0 Å². The van der Waals surface area contributed by atoms with Crippen LogP contribution in [0.15, 0.2) is 83.7 Å². The largest absolute Gasteiger partial charge is 0.478 e. The highest BCUT2D eigenvalue weighted by Crippen LogP contribution is 2.27. The number of carbonyl (C=O) groups is 1. The molecule has 39 heavy (non-hydrogen) atoms. The standard InChI is InChI=1S/C32H36N2O5/c1-22(2)14-19-28-29(31(38-3)39-4)34(21-23-10-6-5-7-11-23)32(37)33(28)20-24-15-17-25(18-16-24)26-12-8-9-13-27(26)30(35)36/h5-13,15-18,22,31H,14,19-21H2,1-4H3,(H,35,36). The predicted octanol–water partition coefficient (Wildman–Crippen LogP) is 5.99. The summed E-state index contributed by atoms with van der Waals surface area (Å²) in [5.41, 5.74) is 5.20. The molecule has 3 aromatic carbocycles. The molecule has 0 bridgehead atoms. The van der Waals surface area contributed by atoms with Crippen molar-refractivity contribution in [2.75, 3.05) is 14.2 Å². The number of benzene rings is 3. The van der Waals surface area contributed by atoms with Crippen LogP contribution in [0.2, 0.25) is 0 Å². The molecule has 4 rings (SSSR count). The number of imidazole rings is 1. The van der Waals surface area contributed by atoms with Crippen molar-refractivity contribution >= 4 is 5.97 Å². The van der Waals surface area contributed by atoms with Gasteiger partial charge in [0.15, 0.2) is 6.29 Å². The Morgan fingerprint density at radius 1 is 0.821 bits per heavy atom. The fourth-order valence-electron chi connectivity index (χ4n) is 4.90. The van der Waals surface area contributed by atoms with Crippen LogP contribution in [0.1, 0.15) is 59.4 Å². The van der Waals surface area contributed by atoms with Crippen molar-refractivity contribution in [3.05, 3.63) is 117 Å². The molecule has 0 amide bonds. The Morgan fingerprint density at radius 2 is 1.41 bits per heavy atom. The average Bonchev–Trinajstić information content (AvgIpc) is 3.19. The van der Waals surface area contributed by atoms with Crippen molar-refractivity contribution in [2.24, 2.45) is 5.92 Å². The van der Waals surface area contributed by atoms with Crippen LogP contribution in [-0.2, 0) is 29.0 Å². The van der Waals surface area contributed by atoms with Gasteiger partial charge in [0.2, 0.25) is 0 Å². The summed E-state index contributed by atoms with van der Waals surface area (Å²) < 4.78 is 15.0. The highest BCUT2D eigenvalue weighted by Gasteiger charge is 2.27. The first kappa shape index (κ1) is 28.1. The first-order valence-electron chi connectivity index (χ1n) is 13.2. The number of hydrogen-bond donors (Lipinski definition) is 1. The average molecular weight is 529 g/mol. The monoisotopic (exact) mass is 528 g/mol. The third-order valence-corrected chi connectivity index (χ3v) is 6.93. The van der Waals surface area contributed by atoms with E-state index in [9.17, 15) is 14.7 Å². The molecule has 0 saturated carbocycles. The summed E-state index contributed by atoms with van der Waals surface area (Å²) in [6.07, 6.45) is 0.934. The molecule has 0 unspecified atom stereocenters. The summed E-state index contributed by atoms with van der Waals surface area (Å²) in [5, 5.41) is 9.59. The van der Waals surface area contributed by atoms with E-state index in [2.05, 4.69) is 13.8 Å². The van der Waals surface area contributed by atoms with Crippen molar-refractivity contribution in [1.29, 1.82) is 0 Å². The van der Waals surface area contributed by atoms with Gasteiger partial charge < -0.3 is 14.6 Å². The molecule has 1 aromatic heterocycles. The zero-order valence-electron chi connectivity index (χ0n) is 23.0. The molecule has 7 nitrogen and oxygen atoms in total. The first-order valence-corrected chi connectivity index (χ1v) is 13.2. The van der Waals surface area contributed by atoms with E-state index in [0.717, 1.165) is 34.5 Å². The molecule has 0 aliphatic carbocycles. The van der Waals surface area contributed by atoms with Gasteiger partial charge in [-0.15, -0.1) is 0 Å². The summed E-state index contributed by atoms with van der Waals surface area (Å²) in [5.74, 6) is -0.509. The van der Waals surface area contributed by atoms with Gasteiger partial charge in [-0.1, -0.05) is 86.6 Å². The van der Waals surface area contributed by atoms with Crippen molar-refractivity contribution in [1.82, 2.24) is 9.13 Å². The highest BCUT2D eigenvalue weighted by molar-refractivity contribution is 5.95. The molecule has 0 saturated heterocycles. The van der Waals surface area contributed by atoms with E-state index in [1.54, 1.807) is 37.0 Å². The maximum absolute atomic E-state index is 14.0. The molecule has 0 spiro atoms. The maximum atomic E-state index is 14.0. The van der Waals surface area contributed by atoms with Gasteiger partial charge in [-0.05, 0) is 47.1 Å². The van der Waals surface area contributed by atoms with Crippen LogP contribution in [0.4, 0.5) is 0 Å². The summed E-state index contributed by atoms with van der Waals surface area (Å²) in [6.45, 7) is 5.12. The number of aromatic carboxylic acids is 1. The second kappa shape index (κ2) is 12.7. The first-order chi connectivity index (χ1) is 18.8. The van der Waals surface area contributed by atoms with Gasteiger partial charge in [0, 0.05) is 19.9 Å².